The van der Waals surface area contributed by atoms with Crippen molar-refractivity contribution in [2.45, 2.75) is 72.2 Å². The Kier molecular flexibility index (Phi) is 5.31. The van der Waals surface area contributed by atoms with E-state index in [9.17, 15) is 0 Å². The van der Waals surface area contributed by atoms with Gasteiger partial charge >= 0.3 is 0 Å². The van der Waals surface area contributed by atoms with Crippen LogP contribution < -0.4 is 0 Å². The number of rotatable bonds is 4. The fraction of sp³-hybridized carbons (Fsp3) is 0.824. The zero-order chi connectivity index (χ0) is 15.8. The van der Waals surface area contributed by atoms with Crippen molar-refractivity contribution in [3.8, 4) is 0 Å². The van der Waals surface area contributed by atoms with E-state index in [0.29, 0.717) is 5.92 Å². The summed E-state index contributed by atoms with van der Waals surface area (Å²) < 4.78 is 2.05. The second kappa shape index (κ2) is 6.50. The van der Waals surface area contributed by atoms with Gasteiger partial charge in [0.25, 0.3) is 0 Å². The summed E-state index contributed by atoms with van der Waals surface area (Å²) in [5.74, 6) is 1.30. The van der Waals surface area contributed by atoms with Crippen LogP contribution in [0.25, 0.3) is 0 Å². The smallest absolute Gasteiger partial charge is 0.0847 e. The summed E-state index contributed by atoms with van der Waals surface area (Å²) in [4.78, 5) is 0. The molecule has 0 saturated heterocycles. The van der Waals surface area contributed by atoms with E-state index in [4.69, 9.17) is 23.2 Å². The average molecular weight is 331 g/mol. The van der Waals surface area contributed by atoms with Crippen LogP contribution in [0.3, 0.4) is 0 Å². The lowest BCUT2D eigenvalue weighted by molar-refractivity contribution is 0.139. The summed E-state index contributed by atoms with van der Waals surface area (Å²) >= 11 is 13.2. The molecule has 4 heteroatoms. The van der Waals surface area contributed by atoms with Gasteiger partial charge in [-0.2, -0.15) is 5.10 Å². The molecule has 1 saturated carbocycles. The summed E-state index contributed by atoms with van der Waals surface area (Å²) in [5, 5.41) is 5.65. The lowest BCUT2D eigenvalue weighted by atomic mass is 9.67. The highest BCUT2D eigenvalue weighted by Crippen LogP contribution is 2.45. The van der Waals surface area contributed by atoms with Crippen molar-refractivity contribution in [1.29, 1.82) is 0 Å². The van der Waals surface area contributed by atoms with Crippen molar-refractivity contribution >= 4 is 23.2 Å². The van der Waals surface area contributed by atoms with Crippen LogP contribution in [0, 0.1) is 24.2 Å². The lowest BCUT2D eigenvalue weighted by Crippen LogP contribution is -2.37. The van der Waals surface area contributed by atoms with Gasteiger partial charge in [-0.15, -0.1) is 11.6 Å². The first-order valence-corrected chi connectivity index (χ1v) is 8.93. The third kappa shape index (κ3) is 3.59. The third-order valence-electron chi connectivity index (χ3n) is 5.11. The van der Waals surface area contributed by atoms with Gasteiger partial charge in [-0.3, -0.25) is 4.68 Å². The molecule has 3 unspecified atom stereocenters. The molecule has 0 aromatic carbocycles. The fourth-order valence-electron chi connectivity index (χ4n) is 3.79. The van der Waals surface area contributed by atoms with Crippen molar-refractivity contribution in [1.82, 2.24) is 9.78 Å². The maximum Gasteiger partial charge on any atom is 0.0847 e. The van der Waals surface area contributed by atoms with Gasteiger partial charge in [0.2, 0.25) is 0 Å². The molecule has 1 aliphatic rings. The first-order valence-electron chi connectivity index (χ1n) is 8.12. The van der Waals surface area contributed by atoms with E-state index in [0.717, 1.165) is 36.0 Å². The Balaban J connectivity index is 2.21. The van der Waals surface area contributed by atoms with E-state index in [1.807, 2.05) is 11.6 Å². The number of hydrogen-bond acceptors (Lipinski definition) is 1. The first-order chi connectivity index (χ1) is 9.76. The Hall–Kier alpha value is -0.210. The lowest BCUT2D eigenvalue weighted by Gasteiger charge is -2.42. The van der Waals surface area contributed by atoms with Crippen molar-refractivity contribution < 1.29 is 0 Å². The SMILES string of the molecule is CCn1nc(C)c(Cl)c1CC(C)(C)C1CCC(C)CC1Cl. The van der Waals surface area contributed by atoms with Crippen molar-refractivity contribution in [2.75, 3.05) is 0 Å². The van der Waals surface area contributed by atoms with Gasteiger partial charge in [-0.25, -0.2) is 0 Å². The molecule has 1 aliphatic carbocycles. The molecule has 0 aliphatic heterocycles. The molecule has 1 aromatic rings. The standard InChI is InChI=1S/C17H28Cl2N2/c1-6-21-15(16(19)12(3)20-21)10-17(4,5)13-8-7-11(2)9-14(13)18/h11,13-14H,6-10H2,1-5H3. The van der Waals surface area contributed by atoms with Gasteiger partial charge in [0, 0.05) is 11.9 Å². The van der Waals surface area contributed by atoms with Gasteiger partial charge in [0.05, 0.1) is 16.4 Å². The maximum atomic E-state index is 6.69. The molecule has 0 bridgehead atoms. The summed E-state index contributed by atoms with van der Waals surface area (Å²) in [5.41, 5.74) is 2.25. The second-order valence-electron chi connectivity index (χ2n) is 7.37. The van der Waals surface area contributed by atoms with Gasteiger partial charge in [0.1, 0.15) is 0 Å². The van der Waals surface area contributed by atoms with E-state index in [-0.39, 0.29) is 10.8 Å². The van der Waals surface area contributed by atoms with E-state index in [1.165, 1.54) is 18.5 Å². The van der Waals surface area contributed by atoms with Crippen molar-refractivity contribution in [3.63, 3.8) is 0 Å². The second-order valence-corrected chi connectivity index (χ2v) is 8.31. The van der Waals surface area contributed by atoms with Crippen molar-refractivity contribution in [3.05, 3.63) is 16.4 Å². The molecular weight excluding hydrogens is 303 g/mol. The predicted molar refractivity (Wildman–Crippen MR) is 91.3 cm³/mol. The zero-order valence-electron chi connectivity index (χ0n) is 13.9. The van der Waals surface area contributed by atoms with Crippen LogP contribution in [0.4, 0.5) is 0 Å². The van der Waals surface area contributed by atoms with Crippen LogP contribution in [0.5, 0.6) is 0 Å². The fourth-order valence-corrected chi connectivity index (χ4v) is 4.77. The topological polar surface area (TPSA) is 17.8 Å². The molecule has 0 radical (unpaired) electrons. The Bertz CT molecular complexity index is 493. The molecular formula is C17H28Cl2N2. The Morgan fingerprint density at radius 3 is 2.57 bits per heavy atom. The molecule has 3 atom stereocenters. The van der Waals surface area contributed by atoms with E-state index in [2.05, 4.69) is 32.8 Å². The van der Waals surface area contributed by atoms with Crippen LogP contribution in [0.15, 0.2) is 0 Å². The molecule has 1 aromatic heterocycles. The number of halogens is 2. The number of aryl methyl sites for hydroxylation is 2. The molecule has 120 valence electrons. The number of aromatic nitrogens is 2. The number of alkyl halides is 1. The maximum absolute atomic E-state index is 6.69. The predicted octanol–water partition coefficient (Wildman–Crippen LogP) is 5.48. The van der Waals surface area contributed by atoms with Crippen LogP contribution in [-0.4, -0.2) is 15.2 Å². The summed E-state index contributed by atoms with van der Waals surface area (Å²) in [6.45, 7) is 11.9. The third-order valence-corrected chi connectivity index (χ3v) is 6.09. The van der Waals surface area contributed by atoms with Crippen LogP contribution >= 0.6 is 23.2 Å². The highest BCUT2D eigenvalue weighted by atomic mass is 35.5. The summed E-state index contributed by atoms with van der Waals surface area (Å²) in [6, 6.07) is 0. The highest BCUT2D eigenvalue weighted by Gasteiger charge is 2.39. The Morgan fingerprint density at radius 2 is 2.00 bits per heavy atom. The summed E-state index contributed by atoms with van der Waals surface area (Å²) in [7, 11) is 0. The highest BCUT2D eigenvalue weighted by molar-refractivity contribution is 6.31. The molecule has 21 heavy (non-hydrogen) atoms. The molecule has 2 rings (SSSR count). The van der Waals surface area contributed by atoms with Crippen LogP contribution in [0.2, 0.25) is 5.02 Å². The molecule has 1 heterocycles. The minimum absolute atomic E-state index is 0.148. The molecule has 0 amide bonds. The van der Waals surface area contributed by atoms with E-state index in [1.54, 1.807) is 0 Å². The molecule has 2 nitrogen and oxygen atoms in total. The first kappa shape index (κ1) is 17.1. The van der Waals surface area contributed by atoms with Gasteiger partial charge in [0.15, 0.2) is 0 Å². The monoisotopic (exact) mass is 330 g/mol. The average Bonchev–Trinajstić information content (AvgIpc) is 2.65. The molecule has 0 N–H and O–H groups in total. The molecule has 0 spiro atoms. The normalized spacial score (nSPS) is 27.1. The van der Waals surface area contributed by atoms with Gasteiger partial charge in [-0.05, 0) is 50.4 Å². The zero-order valence-corrected chi connectivity index (χ0v) is 15.4. The van der Waals surface area contributed by atoms with E-state index >= 15 is 0 Å². The van der Waals surface area contributed by atoms with Crippen LogP contribution in [-0.2, 0) is 13.0 Å². The molecule has 1 fully saturated rings. The van der Waals surface area contributed by atoms with Gasteiger partial charge < -0.3 is 0 Å². The van der Waals surface area contributed by atoms with Gasteiger partial charge in [-0.1, -0.05) is 38.8 Å². The van der Waals surface area contributed by atoms with Crippen molar-refractivity contribution in [2.24, 2.45) is 17.3 Å². The Morgan fingerprint density at radius 1 is 1.33 bits per heavy atom. The number of nitrogens with zero attached hydrogens (tertiary/aromatic N) is 2. The van der Waals surface area contributed by atoms with Crippen LogP contribution in [0.1, 0.15) is 58.3 Å². The minimum Gasteiger partial charge on any atom is -0.268 e. The summed E-state index contributed by atoms with van der Waals surface area (Å²) in [6.07, 6.45) is 4.59. The Labute approximate surface area is 139 Å². The minimum atomic E-state index is 0.148. The quantitative estimate of drug-likeness (QED) is 0.668. The largest absolute Gasteiger partial charge is 0.268 e. The number of hydrogen-bond donors (Lipinski definition) is 0. The van der Waals surface area contributed by atoms with E-state index < -0.39 is 0 Å².